The molecule has 0 radical (unpaired) electrons. The average Bonchev–Trinajstić information content (AvgIpc) is 2.98. The summed E-state index contributed by atoms with van der Waals surface area (Å²) in [5, 5.41) is 12.9. The van der Waals surface area contributed by atoms with Gasteiger partial charge in [0.1, 0.15) is 0 Å². The number of nitrogens with zero attached hydrogens (tertiary/aromatic N) is 1. The normalized spacial score (nSPS) is 32.7. The Labute approximate surface area is 113 Å². The lowest BCUT2D eigenvalue weighted by molar-refractivity contribution is -0.144. The number of nitrogens with one attached hydrogen (secondary N) is 1. The molecular weight excluding hydrogens is 240 g/mol. The number of aliphatic carboxylic acids is 1. The van der Waals surface area contributed by atoms with E-state index in [1.165, 1.54) is 6.42 Å². The zero-order valence-corrected chi connectivity index (χ0v) is 11.2. The summed E-state index contributed by atoms with van der Waals surface area (Å²) >= 11 is 0. The van der Waals surface area contributed by atoms with Crippen molar-refractivity contribution in [3.05, 3.63) is 29.6 Å². The molecule has 2 fully saturated rings. The van der Waals surface area contributed by atoms with Crippen molar-refractivity contribution < 1.29 is 9.90 Å². The fourth-order valence-electron chi connectivity index (χ4n) is 3.86. The second-order valence-electron chi connectivity index (χ2n) is 5.87. The number of carboxylic acid groups (broad SMARTS) is 1. The molecule has 2 bridgehead atoms. The largest absolute Gasteiger partial charge is 0.481 e. The molecule has 0 spiro atoms. The highest BCUT2D eigenvalue weighted by Gasteiger charge is 2.50. The second kappa shape index (κ2) is 4.93. The van der Waals surface area contributed by atoms with Gasteiger partial charge in [-0.3, -0.25) is 9.78 Å². The van der Waals surface area contributed by atoms with Crippen LogP contribution in [0.5, 0.6) is 0 Å². The van der Waals surface area contributed by atoms with Gasteiger partial charge in [-0.1, -0.05) is 6.07 Å². The minimum atomic E-state index is -0.637. The summed E-state index contributed by atoms with van der Waals surface area (Å²) in [5.41, 5.74) is 2.18. The SMILES string of the molecule is Cc1cccnc1CNC1C2CCC(C2)C1C(=O)O. The second-order valence-corrected chi connectivity index (χ2v) is 5.87. The lowest BCUT2D eigenvalue weighted by Gasteiger charge is -2.29. The van der Waals surface area contributed by atoms with Crippen LogP contribution >= 0.6 is 0 Å². The highest BCUT2D eigenvalue weighted by Crippen LogP contribution is 2.48. The molecule has 1 heterocycles. The number of carbonyl (C=O) groups is 1. The van der Waals surface area contributed by atoms with Gasteiger partial charge in [0, 0.05) is 18.8 Å². The van der Waals surface area contributed by atoms with Gasteiger partial charge in [0.25, 0.3) is 0 Å². The number of aromatic nitrogens is 1. The molecule has 2 aliphatic carbocycles. The summed E-state index contributed by atoms with van der Waals surface area (Å²) in [5.74, 6) is 0.0742. The van der Waals surface area contributed by atoms with Crippen molar-refractivity contribution in [3.63, 3.8) is 0 Å². The van der Waals surface area contributed by atoms with Crippen LogP contribution < -0.4 is 5.32 Å². The summed E-state index contributed by atoms with van der Waals surface area (Å²) in [6, 6.07) is 4.09. The van der Waals surface area contributed by atoms with E-state index in [9.17, 15) is 9.90 Å². The molecule has 4 nitrogen and oxygen atoms in total. The molecule has 1 aromatic heterocycles. The van der Waals surface area contributed by atoms with E-state index in [0.717, 1.165) is 24.1 Å². The number of aryl methyl sites for hydroxylation is 1. The highest BCUT2D eigenvalue weighted by atomic mass is 16.4. The lowest BCUT2D eigenvalue weighted by Crippen LogP contribution is -2.44. The predicted octanol–water partition coefficient (Wildman–Crippen LogP) is 1.98. The van der Waals surface area contributed by atoms with Crippen molar-refractivity contribution in [1.82, 2.24) is 10.3 Å². The first-order chi connectivity index (χ1) is 9.16. The third-order valence-corrected chi connectivity index (χ3v) is 4.82. The number of hydrogen-bond donors (Lipinski definition) is 2. The number of rotatable bonds is 4. The number of pyridine rings is 1. The zero-order chi connectivity index (χ0) is 13.4. The highest BCUT2D eigenvalue weighted by molar-refractivity contribution is 5.72. The van der Waals surface area contributed by atoms with E-state index in [1.54, 1.807) is 6.20 Å². The van der Waals surface area contributed by atoms with E-state index >= 15 is 0 Å². The van der Waals surface area contributed by atoms with E-state index in [2.05, 4.69) is 10.3 Å². The molecule has 0 aromatic carbocycles. The monoisotopic (exact) mass is 260 g/mol. The van der Waals surface area contributed by atoms with Gasteiger partial charge in [0.15, 0.2) is 0 Å². The van der Waals surface area contributed by atoms with E-state index in [4.69, 9.17) is 0 Å². The van der Waals surface area contributed by atoms with Crippen molar-refractivity contribution in [1.29, 1.82) is 0 Å². The van der Waals surface area contributed by atoms with Gasteiger partial charge in [-0.25, -0.2) is 0 Å². The Hall–Kier alpha value is -1.42. The quantitative estimate of drug-likeness (QED) is 0.869. The van der Waals surface area contributed by atoms with Gasteiger partial charge in [-0.2, -0.15) is 0 Å². The Bertz CT molecular complexity index is 489. The Morgan fingerprint density at radius 3 is 3.00 bits per heavy atom. The molecule has 102 valence electrons. The van der Waals surface area contributed by atoms with Crippen LogP contribution in [0.4, 0.5) is 0 Å². The molecule has 3 rings (SSSR count). The number of hydrogen-bond acceptors (Lipinski definition) is 3. The van der Waals surface area contributed by atoms with E-state index in [1.807, 2.05) is 19.1 Å². The zero-order valence-electron chi connectivity index (χ0n) is 11.2. The maximum absolute atomic E-state index is 11.4. The summed E-state index contributed by atoms with van der Waals surface area (Å²) in [6.07, 6.45) is 5.13. The minimum absolute atomic E-state index is 0.123. The molecule has 0 saturated heterocycles. The van der Waals surface area contributed by atoms with Gasteiger partial charge >= 0.3 is 5.97 Å². The molecular formula is C15H20N2O2. The first-order valence-corrected chi connectivity index (χ1v) is 7.03. The van der Waals surface area contributed by atoms with Crippen molar-refractivity contribution >= 4 is 5.97 Å². The molecule has 2 N–H and O–H groups in total. The Morgan fingerprint density at radius 2 is 2.26 bits per heavy atom. The third kappa shape index (κ3) is 2.25. The van der Waals surface area contributed by atoms with Gasteiger partial charge < -0.3 is 10.4 Å². The molecule has 0 aliphatic heterocycles. The summed E-state index contributed by atoms with van der Waals surface area (Å²) in [7, 11) is 0. The van der Waals surface area contributed by atoms with Gasteiger partial charge in [0.05, 0.1) is 11.6 Å². The van der Waals surface area contributed by atoms with Crippen LogP contribution in [0, 0.1) is 24.7 Å². The molecule has 0 amide bonds. The van der Waals surface area contributed by atoms with Gasteiger partial charge in [-0.15, -0.1) is 0 Å². The van der Waals surface area contributed by atoms with Crippen LogP contribution in [0.1, 0.15) is 30.5 Å². The van der Waals surface area contributed by atoms with Gasteiger partial charge in [0.2, 0.25) is 0 Å². The molecule has 2 aliphatic rings. The first kappa shape index (κ1) is 12.6. The predicted molar refractivity (Wildman–Crippen MR) is 71.6 cm³/mol. The minimum Gasteiger partial charge on any atom is -0.481 e. The van der Waals surface area contributed by atoms with Crippen molar-refractivity contribution in [2.24, 2.45) is 17.8 Å². The van der Waals surface area contributed by atoms with Crippen LogP contribution in [-0.4, -0.2) is 22.1 Å². The summed E-state index contributed by atoms with van der Waals surface area (Å²) in [6.45, 7) is 2.71. The maximum Gasteiger partial charge on any atom is 0.308 e. The van der Waals surface area contributed by atoms with Crippen LogP contribution in [0.25, 0.3) is 0 Å². The number of fused-ring (bicyclic) bond motifs is 2. The molecule has 1 aromatic rings. The van der Waals surface area contributed by atoms with E-state index < -0.39 is 5.97 Å². The summed E-state index contributed by atoms with van der Waals surface area (Å²) in [4.78, 5) is 15.8. The maximum atomic E-state index is 11.4. The topological polar surface area (TPSA) is 62.2 Å². The lowest BCUT2D eigenvalue weighted by atomic mass is 9.84. The average molecular weight is 260 g/mol. The Kier molecular flexibility index (Phi) is 3.27. The molecule has 4 atom stereocenters. The Morgan fingerprint density at radius 1 is 1.47 bits per heavy atom. The summed E-state index contributed by atoms with van der Waals surface area (Å²) < 4.78 is 0. The molecule has 4 unspecified atom stereocenters. The molecule has 19 heavy (non-hydrogen) atoms. The molecule has 4 heteroatoms. The van der Waals surface area contributed by atoms with Crippen LogP contribution in [0.2, 0.25) is 0 Å². The fraction of sp³-hybridized carbons (Fsp3) is 0.600. The van der Waals surface area contributed by atoms with Gasteiger partial charge in [-0.05, 0) is 49.7 Å². The van der Waals surface area contributed by atoms with Crippen LogP contribution in [0.15, 0.2) is 18.3 Å². The van der Waals surface area contributed by atoms with Crippen molar-refractivity contribution in [2.75, 3.05) is 0 Å². The standard InChI is InChI=1S/C15H20N2O2/c1-9-3-2-6-16-12(9)8-17-14-11-5-4-10(7-11)13(14)15(18)19/h2-3,6,10-11,13-14,17H,4-5,7-8H2,1H3,(H,18,19). The first-order valence-electron chi connectivity index (χ1n) is 7.03. The van der Waals surface area contributed by atoms with E-state index in [-0.39, 0.29) is 12.0 Å². The fourth-order valence-corrected chi connectivity index (χ4v) is 3.86. The van der Waals surface area contributed by atoms with Crippen LogP contribution in [-0.2, 0) is 11.3 Å². The molecule has 2 saturated carbocycles. The number of carboxylic acids is 1. The van der Waals surface area contributed by atoms with Crippen LogP contribution in [0.3, 0.4) is 0 Å². The third-order valence-electron chi connectivity index (χ3n) is 4.82. The van der Waals surface area contributed by atoms with E-state index in [0.29, 0.717) is 18.4 Å². The van der Waals surface area contributed by atoms with Crippen molar-refractivity contribution in [2.45, 2.75) is 38.8 Å². The Balaban J connectivity index is 1.69. The van der Waals surface area contributed by atoms with Crippen molar-refractivity contribution in [3.8, 4) is 0 Å². The smallest absolute Gasteiger partial charge is 0.308 e.